The topological polar surface area (TPSA) is 45.2 Å². The lowest BCUT2D eigenvalue weighted by Gasteiger charge is -2.15. The van der Waals surface area contributed by atoms with Crippen LogP contribution in [0.3, 0.4) is 0 Å². The van der Waals surface area contributed by atoms with Crippen LogP contribution in [-0.2, 0) is 4.79 Å². The number of amides is 1. The predicted octanol–water partition coefficient (Wildman–Crippen LogP) is 3.40. The number of aromatic nitrogens is 1. The van der Waals surface area contributed by atoms with Gasteiger partial charge in [-0.05, 0) is 50.9 Å². The Balaban J connectivity index is 1.53. The minimum Gasteiger partial charge on any atom is -0.324 e. The highest BCUT2D eigenvalue weighted by Crippen LogP contribution is 2.29. The molecule has 3 rings (SSSR count). The molecule has 120 valence electrons. The summed E-state index contributed by atoms with van der Waals surface area (Å²) in [6.07, 6.45) is 8.90. The number of rotatable bonds is 6. The van der Waals surface area contributed by atoms with Crippen LogP contribution in [0.25, 0.3) is 0 Å². The number of nitrogens with zero attached hydrogens (tertiary/aromatic N) is 2. The maximum absolute atomic E-state index is 12.3. The fourth-order valence-electron chi connectivity index (χ4n) is 3.30. The average molecular weight is 319 g/mol. The van der Waals surface area contributed by atoms with Gasteiger partial charge in [0.1, 0.15) is 5.03 Å². The first-order valence-corrected chi connectivity index (χ1v) is 9.42. The number of hydrogen-bond acceptors (Lipinski definition) is 4. The first kappa shape index (κ1) is 15.8. The van der Waals surface area contributed by atoms with Crippen molar-refractivity contribution in [3.8, 4) is 0 Å². The highest BCUT2D eigenvalue weighted by molar-refractivity contribution is 7.99. The third kappa shape index (κ3) is 4.23. The molecule has 4 nitrogen and oxygen atoms in total. The van der Waals surface area contributed by atoms with Crippen LogP contribution in [0.5, 0.6) is 0 Å². The van der Waals surface area contributed by atoms with Gasteiger partial charge in [0.05, 0.1) is 5.69 Å². The Hall–Kier alpha value is -1.07. The minimum absolute atomic E-state index is 0.173. The molecule has 1 aliphatic carbocycles. The van der Waals surface area contributed by atoms with E-state index >= 15 is 0 Å². The Labute approximate surface area is 137 Å². The van der Waals surface area contributed by atoms with Gasteiger partial charge >= 0.3 is 0 Å². The van der Waals surface area contributed by atoms with E-state index in [-0.39, 0.29) is 11.8 Å². The molecule has 5 heteroatoms. The van der Waals surface area contributed by atoms with Crippen LogP contribution >= 0.6 is 11.8 Å². The zero-order valence-electron chi connectivity index (χ0n) is 13.1. The third-order valence-electron chi connectivity index (χ3n) is 4.60. The summed E-state index contributed by atoms with van der Waals surface area (Å²) in [5, 5.41) is 4.05. The van der Waals surface area contributed by atoms with Gasteiger partial charge in [-0.25, -0.2) is 4.98 Å². The minimum atomic E-state index is 0.173. The Bertz CT molecular complexity index is 496. The molecule has 1 aromatic heterocycles. The highest BCUT2D eigenvalue weighted by Gasteiger charge is 2.23. The maximum Gasteiger partial charge on any atom is 0.227 e. The lowest BCUT2D eigenvalue weighted by molar-refractivity contribution is -0.119. The SMILES string of the molecule is O=C(Nc1cccnc1SCCN1CCCC1)C1CCCC1. The average Bonchev–Trinajstić information content (AvgIpc) is 3.22. The molecule has 0 aromatic carbocycles. The Morgan fingerprint density at radius 3 is 2.82 bits per heavy atom. The summed E-state index contributed by atoms with van der Waals surface area (Å²) in [4.78, 5) is 19.3. The van der Waals surface area contributed by atoms with Crippen molar-refractivity contribution in [1.82, 2.24) is 9.88 Å². The summed E-state index contributed by atoms with van der Waals surface area (Å²) in [5.41, 5.74) is 0.880. The molecule has 1 amide bonds. The van der Waals surface area contributed by atoms with E-state index in [0.717, 1.165) is 35.9 Å². The van der Waals surface area contributed by atoms with Crippen molar-refractivity contribution in [2.24, 2.45) is 5.92 Å². The highest BCUT2D eigenvalue weighted by atomic mass is 32.2. The number of pyridine rings is 1. The molecule has 2 heterocycles. The molecule has 0 spiro atoms. The van der Waals surface area contributed by atoms with Crippen molar-refractivity contribution in [3.05, 3.63) is 18.3 Å². The summed E-state index contributed by atoms with van der Waals surface area (Å²) >= 11 is 1.75. The molecule has 2 aliphatic rings. The number of thioether (sulfide) groups is 1. The monoisotopic (exact) mass is 319 g/mol. The van der Waals surface area contributed by atoms with Crippen molar-refractivity contribution in [2.75, 3.05) is 30.7 Å². The van der Waals surface area contributed by atoms with E-state index in [1.54, 1.807) is 11.8 Å². The molecule has 1 saturated carbocycles. The molecule has 0 radical (unpaired) electrons. The van der Waals surface area contributed by atoms with E-state index in [4.69, 9.17) is 0 Å². The van der Waals surface area contributed by atoms with Crippen molar-refractivity contribution < 1.29 is 4.79 Å². The predicted molar refractivity (Wildman–Crippen MR) is 91.2 cm³/mol. The van der Waals surface area contributed by atoms with Gasteiger partial charge in [-0.1, -0.05) is 12.8 Å². The molecular formula is C17H25N3OS. The van der Waals surface area contributed by atoms with Gasteiger partial charge in [-0.15, -0.1) is 11.8 Å². The van der Waals surface area contributed by atoms with Gasteiger partial charge in [0.25, 0.3) is 0 Å². The van der Waals surface area contributed by atoms with Crippen LogP contribution in [0, 0.1) is 5.92 Å². The molecule has 2 fully saturated rings. The van der Waals surface area contributed by atoms with E-state index < -0.39 is 0 Å². The number of likely N-dealkylation sites (tertiary alicyclic amines) is 1. The number of anilines is 1. The molecular weight excluding hydrogens is 294 g/mol. The summed E-state index contributed by atoms with van der Waals surface area (Å²) in [7, 11) is 0. The molecule has 22 heavy (non-hydrogen) atoms. The summed E-state index contributed by atoms with van der Waals surface area (Å²) < 4.78 is 0. The molecule has 0 bridgehead atoms. The second-order valence-corrected chi connectivity index (χ2v) is 7.31. The summed E-state index contributed by atoms with van der Waals surface area (Å²) in [6.45, 7) is 3.57. The Morgan fingerprint density at radius 2 is 2.05 bits per heavy atom. The fourth-order valence-corrected chi connectivity index (χ4v) is 4.25. The van der Waals surface area contributed by atoms with Crippen molar-refractivity contribution in [1.29, 1.82) is 0 Å². The molecule has 0 atom stereocenters. The number of hydrogen-bond donors (Lipinski definition) is 1. The third-order valence-corrected chi connectivity index (χ3v) is 5.59. The fraction of sp³-hybridized carbons (Fsp3) is 0.647. The second kappa shape index (κ2) is 7.97. The first-order valence-electron chi connectivity index (χ1n) is 8.44. The normalized spacial score (nSPS) is 19.6. The van der Waals surface area contributed by atoms with Crippen molar-refractivity contribution in [2.45, 2.75) is 43.6 Å². The lowest BCUT2D eigenvalue weighted by Crippen LogP contribution is -2.22. The van der Waals surface area contributed by atoms with E-state index in [9.17, 15) is 4.79 Å². The number of carbonyl (C=O) groups excluding carboxylic acids is 1. The van der Waals surface area contributed by atoms with Crippen molar-refractivity contribution in [3.63, 3.8) is 0 Å². The van der Waals surface area contributed by atoms with Crippen LogP contribution in [0.2, 0.25) is 0 Å². The zero-order chi connectivity index (χ0) is 15.2. The van der Waals surface area contributed by atoms with Crippen LogP contribution in [0.1, 0.15) is 38.5 Å². The molecule has 1 saturated heterocycles. The van der Waals surface area contributed by atoms with Gasteiger partial charge in [-0.3, -0.25) is 4.79 Å². The van der Waals surface area contributed by atoms with Crippen LogP contribution < -0.4 is 5.32 Å². The van der Waals surface area contributed by atoms with Gasteiger partial charge < -0.3 is 10.2 Å². The number of carbonyl (C=O) groups is 1. The van der Waals surface area contributed by atoms with E-state index in [1.165, 1.54) is 38.8 Å². The standard InChI is InChI=1S/C17H25N3OS/c21-16(14-6-1-2-7-14)19-15-8-5-9-18-17(15)22-13-12-20-10-3-4-11-20/h5,8-9,14H,1-4,6-7,10-13H2,(H,19,21). The van der Waals surface area contributed by atoms with Gasteiger partial charge in [0.15, 0.2) is 0 Å². The summed E-state index contributed by atoms with van der Waals surface area (Å²) in [6, 6.07) is 3.87. The van der Waals surface area contributed by atoms with Gasteiger partial charge in [-0.2, -0.15) is 0 Å². The largest absolute Gasteiger partial charge is 0.324 e. The molecule has 1 aromatic rings. The van der Waals surface area contributed by atoms with Crippen LogP contribution in [0.15, 0.2) is 23.4 Å². The quantitative estimate of drug-likeness (QED) is 0.816. The van der Waals surface area contributed by atoms with E-state index in [1.807, 2.05) is 18.3 Å². The maximum atomic E-state index is 12.3. The second-order valence-electron chi connectivity index (χ2n) is 6.22. The zero-order valence-corrected chi connectivity index (χ0v) is 13.9. The first-order chi connectivity index (χ1) is 10.8. The Morgan fingerprint density at radius 1 is 1.27 bits per heavy atom. The Kier molecular flexibility index (Phi) is 5.73. The van der Waals surface area contributed by atoms with E-state index in [0.29, 0.717) is 0 Å². The molecule has 1 aliphatic heterocycles. The molecule has 0 unspecified atom stereocenters. The van der Waals surface area contributed by atoms with Crippen LogP contribution in [0.4, 0.5) is 5.69 Å². The van der Waals surface area contributed by atoms with E-state index in [2.05, 4.69) is 15.2 Å². The van der Waals surface area contributed by atoms with Gasteiger partial charge in [0.2, 0.25) is 5.91 Å². The molecule has 1 N–H and O–H groups in total. The van der Waals surface area contributed by atoms with Crippen LogP contribution in [-0.4, -0.2) is 41.2 Å². The summed E-state index contributed by atoms with van der Waals surface area (Å²) in [5.74, 6) is 1.40. The number of nitrogens with one attached hydrogen (secondary N) is 1. The van der Waals surface area contributed by atoms with Gasteiger partial charge in [0, 0.05) is 24.4 Å². The smallest absolute Gasteiger partial charge is 0.227 e. The van der Waals surface area contributed by atoms with Crippen molar-refractivity contribution >= 4 is 23.4 Å². The lowest BCUT2D eigenvalue weighted by atomic mass is 10.1.